The maximum absolute atomic E-state index is 13.0. The SMILES string of the molecule is CC(C)CCN1CCNC(=O)C1CC(=O)N(Cc1cccnc1)C1CC1. The summed E-state index contributed by atoms with van der Waals surface area (Å²) in [5, 5.41) is 2.93. The first-order valence-electron chi connectivity index (χ1n) is 9.74. The Morgan fingerprint density at radius 3 is 2.88 bits per heavy atom. The smallest absolute Gasteiger partial charge is 0.237 e. The van der Waals surface area contributed by atoms with Crippen molar-refractivity contribution in [2.45, 2.75) is 58.2 Å². The van der Waals surface area contributed by atoms with Crippen LogP contribution in [0, 0.1) is 5.92 Å². The van der Waals surface area contributed by atoms with Gasteiger partial charge in [-0.25, -0.2) is 0 Å². The molecule has 6 heteroatoms. The summed E-state index contributed by atoms with van der Waals surface area (Å²) in [5.74, 6) is 0.656. The van der Waals surface area contributed by atoms with Gasteiger partial charge in [0, 0.05) is 38.1 Å². The summed E-state index contributed by atoms with van der Waals surface area (Å²) in [6.45, 7) is 7.32. The molecule has 1 N–H and O–H groups in total. The molecule has 6 nitrogen and oxygen atoms in total. The number of nitrogens with zero attached hydrogens (tertiary/aromatic N) is 3. The molecule has 1 unspecified atom stereocenters. The van der Waals surface area contributed by atoms with Crippen LogP contribution in [0.15, 0.2) is 24.5 Å². The van der Waals surface area contributed by atoms with Crippen molar-refractivity contribution in [1.29, 1.82) is 0 Å². The molecule has 1 aromatic heterocycles. The van der Waals surface area contributed by atoms with Crippen LogP contribution in [-0.4, -0.2) is 58.3 Å². The minimum Gasteiger partial charge on any atom is -0.353 e. The lowest BCUT2D eigenvalue weighted by Gasteiger charge is -2.36. The summed E-state index contributed by atoms with van der Waals surface area (Å²) in [6, 6.07) is 3.87. The third kappa shape index (κ3) is 5.04. The van der Waals surface area contributed by atoms with E-state index in [9.17, 15) is 9.59 Å². The Morgan fingerprint density at radius 2 is 2.23 bits per heavy atom. The van der Waals surface area contributed by atoms with E-state index in [2.05, 4.69) is 29.0 Å². The van der Waals surface area contributed by atoms with Crippen molar-refractivity contribution in [3.05, 3.63) is 30.1 Å². The summed E-state index contributed by atoms with van der Waals surface area (Å²) in [4.78, 5) is 33.7. The van der Waals surface area contributed by atoms with Crippen LogP contribution in [0.4, 0.5) is 0 Å². The molecule has 1 aromatic rings. The lowest BCUT2D eigenvalue weighted by molar-refractivity contribution is -0.139. The first-order valence-corrected chi connectivity index (χ1v) is 9.74. The van der Waals surface area contributed by atoms with Crippen molar-refractivity contribution >= 4 is 11.8 Å². The van der Waals surface area contributed by atoms with Crippen LogP contribution in [0.2, 0.25) is 0 Å². The zero-order chi connectivity index (χ0) is 18.5. The lowest BCUT2D eigenvalue weighted by atomic mass is 10.0. The summed E-state index contributed by atoms with van der Waals surface area (Å²) >= 11 is 0. The van der Waals surface area contributed by atoms with Gasteiger partial charge in [0.15, 0.2) is 0 Å². The van der Waals surface area contributed by atoms with Crippen LogP contribution >= 0.6 is 0 Å². The van der Waals surface area contributed by atoms with E-state index in [0.717, 1.165) is 37.9 Å². The topological polar surface area (TPSA) is 65.5 Å². The Hall–Kier alpha value is -1.95. The Morgan fingerprint density at radius 1 is 1.42 bits per heavy atom. The molecule has 1 saturated carbocycles. The van der Waals surface area contributed by atoms with Crippen LogP contribution in [0.3, 0.4) is 0 Å². The third-order valence-corrected chi connectivity index (χ3v) is 5.19. The van der Waals surface area contributed by atoms with Crippen LogP contribution in [0.25, 0.3) is 0 Å². The van der Waals surface area contributed by atoms with E-state index >= 15 is 0 Å². The summed E-state index contributed by atoms with van der Waals surface area (Å²) in [5.41, 5.74) is 1.04. The van der Waals surface area contributed by atoms with Gasteiger partial charge < -0.3 is 10.2 Å². The van der Waals surface area contributed by atoms with Crippen molar-refractivity contribution in [2.24, 2.45) is 5.92 Å². The molecule has 2 amide bonds. The molecule has 1 aliphatic carbocycles. The number of amides is 2. The summed E-state index contributed by atoms with van der Waals surface area (Å²) in [7, 11) is 0. The molecule has 3 rings (SSSR count). The van der Waals surface area contributed by atoms with Gasteiger partial charge >= 0.3 is 0 Å². The summed E-state index contributed by atoms with van der Waals surface area (Å²) in [6.07, 6.45) is 6.97. The van der Waals surface area contributed by atoms with Crippen molar-refractivity contribution < 1.29 is 9.59 Å². The molecule has 2 heterocycles. The van der Waals surface area contributed by atoms with Gasteiger partial charge in [-0.1, -0.05) is 19.9 Å². The van der Waals surface area contributed by atoms with E-state index in [1.165, 1.54) is 0 Å². The monoisotopic (exact) mass is 358 g/mol. The third-order valence-electron chi connectivity index (χ3n) is 5.19. The van der Waals surface area contributed by atoms with Gasteiger partial charge in [-0.3, -0.25) is 19.5 Å². The zero-order valence-corrected chi connectivity index (χ0v) is 15.9. The second-order valence-electron chi connectivity index (χ2n) is 7.84. The van der Waals surface area contributed by atoms with Crippen molar-refractivity contribution in [2.75, 3.05) is 19.6 Å². The predicted octanol–water partition coefficient (Wildman–Crippen LogP) is 1.81. The number of carbonyl (C=O) groups is 2. The van der Waals surface area contributed by atoms with Crippen LogP contribution in [-0.2, 0) is 16.1 Å². The number of hydrogen-bond donors (Lipinski definition) is 1. The maximum atomic E-state index is 13.0. The first-order chi connectivity index (χ1) is 12.5. The fourth-order valence-electron chi connectivity index (χ4n) is 3.45. The number of aromatic nitrogens is 1. The molecule has 1 atom stereocenters. The Kier molecular flexibility index (Phi) is 6.25. The largest absolute Gasteiger partial charge is 0.353 e. The van der Waals surface area contributed by atoms with Crippen LogP contribution < -0.4 is 5.32 Å². The van der Waals surface area contributed by atoms with Gasteiger partial charge in [0.1, 0.15) is 0 Å². The molecule has 142 valence electrons. The Labute approximate surface area is 156 Å². The van der Waals surface area contributed by atoms with Gasteiger partial charge in [-0.05, 0) is 43.4 Å². The molecular formula is C20H30N4O2. The van der Waals surface area contributed by atoms with Crippen LogP contribution in [0.5, 0.6) is 0 Å². The van der Waals surface area contributed by atoms with Gasteiger partial charge in [0.2, 0.25) is 11.8 Å². The van der Waals surface area contributed by atoms with E-state index in [-0.39, 0.29) is 24.3 Å². The second-order valence-corrected chi connectivity index (χ2v) is 7.84. The number of rotatable bonds is 8. The molecule has 0 bridgehead atoms. The highest BCUT2D eigenvalue weighted by atomic mass is 16.2. The average Bonchev–Trinajstić information content (AvgIpc) is 3.46. The summed E-state index contributed by atoms with van der Waals surface area (Å²) < 4.78 is 0. The predicted molar refractivity (Wildman–Crippen MR) is 100 cm³/mol. The van der Waals surface area contributed by atoms with Crippen LogP contribution in [0.1, 0.15) is 45.1 Å². The Bertz CT molecular complexity index is 615. The molecule has 1 aliphatic heterocycles. The molecule has 0 aromatic carbocycles. The molecule has 2 fully saturated rings. The molecule has 0 spiro atoms. The van der Waals surface area contributed by atoms with E-state index in [1.807, 2.05) is 23.2 Å². The van der Waals surface area contributed by atoms with Gasteiger partial charge in [-0.2, -0.15) is 0 Å². The van der Waals surface area contributed by atoms with Gasteiger partial charge in [0.25, 0.3) is 0 Å². The molecular weight excluding hydrogens is 328 g/mol. The minimum atomic E-state index is -0.342. The number of piperazine rings is 1. The minimum absolute atomic E-state index is 0.00881. The molecule has 0 radical (unpaired) electrons. The first kappa shape index (κ1) is 18.8. The van der Waals surface area contributed by atoms with Crippen molar-refractivity contribution in [3.63, 3.8) is 0 Å². The highest BCUT2D eigenvalue weighted by molar-refractivity contribution is 5.89. The van der Waals surface area contributed by atoms with E-state index in [0.29, 0.717) is 25.0 Å². The van der Waals surface area contributed by atoms with E-state index in [1.54, 1.807) is 6.20 Å². The average molecular weight is 358 g/mol. The van der Waals surface area contributed by atoms with Crippen molar-refractivity contribution in [3.8, 4) is 0 Å². The number of nitrogens with one attached hydrogen (secondary N) is 1. The highest BCUT2D eigenvalue weighted by Crippen LogP contribution is 2.29. The lowest BCUT2D eigenvalue weighted by Crippen LogP contribution is -2.57. The fraction of sp³-hybridized carbons (Fsp3) is 0.650. The number of hydrogen-bond acceptors (Lipinski definition) is 4. The quantitative estimate of drug-likeness (QED) is 0.770. The fourth-order valence-corrected chi connectivity index (χ4v) is 3.45. The van der Waals surface area contributed by atoms with E-state index in [4.69, 9.17) is 0 Å². The number of pyridine rings is 1. The molecule has 1 saturated heterocycles. The highest BCUT2D eigenvalue weighted by Gasteiger charge is 2.37. The van der Waals surface area contributed by atoms with E-state index < -0.39 is 0 Å². The van der Waals surface area contributed by atoms with Gasteiger partial charge in [-0.15, -0.1) is 0 Å². The molecule has 2 aliphatic rings. The maximum Gasteiger partial charge on any atom is 0.237 e. The normalized spacial score (nSPS) is 20.9. The number of carbonyl (C=O) groups excluding carboxylic acids is 2. The standard InChI is InChI=1S/C20H30N4O2/c1-15(2)7-10-23-11-9-22-20(26)18(23)12-19(25)24(17-5-6-17)14-16-4-3-8-21-13-16/h3-4,8,13,15,17-18H,5-7,9-12,14H2,1-2H3,(H,22,26). The zero-order valence-electron chi connectivity index (χ0n) is 15.9. The van der Waals surface area contributed by atoms with Crippen molar-refractivity contribution in [1.82, 2.24) is 20.1 Å². The molecule has 26 heavy (non-hydrogen) atoms. The second kappa shape index (κ2) is 8.62. The Balaban J connectivity index is 1.65. The van der Waals surface area contributed by atoms with Gasteiger partial charge in [0.05, 0.1) is 12.5 Å².